The third kappa shape index (κ3) is 18.9. The van der Waals surface area contributed by atoms with Crippen molar-refractivity contribution >= 4 is 41.5 Å². The Labute approximate surface area is 247 Å². The number of carbonyl (C=O) groups excluding carboxylic acids is 4. The summed E-state index contributed by atoms with van der Waals surface area (Å²) in [5, 5.41) is 40.6. The quantitative estimate of drug-likeness (QED) is 0.0418. The molecular formula is C25H51N13O4. The number of carbonyl (C=O) groups is 4. The molecule has 0 saturated carbocycles. The van der Waals surface area contributed by atoms with Gasteiger partial charge in [0.15, 0.2) is 17.9 Å². The third-order valence-corrected chi connectivity index (χ3v) is 5.86. The Hall–Kier alpha value is -4.31. The van der Waals surface area contributed by atoms with Gasteiger partial charge in [0, 0.05) is 31.1 Å². The molecule has 42 heavy (non-hydrogen) atoms. The fourth-order valence-corrected chi connectivity index (χ4v) is 3.59. The van der Waals surface area contributed by atoms with Gasteiger partial charge in [-0.3, -0.25) is 35.4 Å². The maximum Gasteiger partial charge on any atom is 0.243 e. The predicted molar refractivity (Wildman–Crippen MR) is 161 cm³/mol. The summed E-state index contributed by atoms with van der Waals surface area (Å²) in [5.74, 6) is -2.49. The van der Waals surface area contributed by atoms with Crippen LogP contribution in [0, 0.1) is 21.6 Å². The number of guanidine groups is 3. The van der Waals surface area contributed by atoms with E-state index in [9.17, 15) is 19.2 Å². The minimum absolute atomic E-state index is 0.135. The maximum absolute atomic E-state index is 13.3. The number of rotatable bonds is 19. The summed E-state index contributed by atoms with van der Waals surface area (Å²) in [7, 11) is 0. The fraction of sp³-hybridized carbons (Fsp3) is 0.720. The molecule has 0 aliphatic carbocycles. The number of hydrogen-bond donors (Lipinski definition) is 13. The molecule has 0 aromatic heterocycles. The van der Waals surface area contributed by atoms with Gasteiger partial charge in [0.25, 0.3) is 0 Å². The van der Waals surface area contributed by atoms with Crippen molar-refractivity contribution < 1.29 is 19.2 Å². The van der Waals surface area contributed by atoms with Gasteiger partial charge < -0.3 is 54.4 Å². The molecule has 0 fully saturated rings. The zero-order valence-electron chi connectivity index (χ0n) is 25.2. The molecule has 17 heteroatoms. The van der Waals surface area contributed by atoms with Crippen LogP contribution in [0.15, 0.2) is 0 Å². The van der Waals surface area contributed by atoms with Crippen molar-refractivity contribution in [1.29, 1.82) is 16.2 Å². The monoisotopic (exact) mass is 597 g/mol. The van der Waals surface area contributed by atoms with Gasteiger partial charge in [0.1, 0.15) is 12.1 Å². The van der Waals surface area contributed by atoms with E-state index in [4.69, 9.17) is 33.4 Å². The normalized spacial score (nSPS) is 13.0. The van der Waals surface area contributed by atoms with Gasteiger partial charge in [-0.15, -0.1) is 0 Å². The molecular weight excluding hydrogens is 546 g/mol. The van der Waals surface area contributed by atoms with Crippen molar-refractivity contribution in [2.45, 2.75) is 84.3 Å². The lowest BCUT2D eigenvalue weighted by Crippen LogP contribution is -2.56. The standard InChI is InChI=1S/C25H51N13O4/c1-15(8-5-11-32-22(26)27)36-19(40)17(10-7-13-34-24(30)31)38-20(41)16(9-6-12-33-23(28)29)37-18(39)14-35-21(42)25(2,3)4/h15-17H,5-14H2,1-4H3,(H,35,42)(H,36,40)(H,37,39)(H,38,41)(H4,26,27,32)(H4,28,29,33)(H4,30,31,34). The minimum Gasteiger partial charge on any atom is -0.370 e. The van der Waals surface area contributed by atoms with Crippen molar-refractivity contribution in [2.24, 2.45) is 22.6 Å². The molecule has 4 amide bonds. The Balaban J connectivity index is 5.47. The van der Waals surface area contributed by atoms with Gasteiger partial charge in [0.05, 0.1) is 6.54 Å². The summed E-state index contributed by atoms with van der Waals surface area (Å²) in [6, 6.07) is -2.21. The van der Waals surface area contributed by atoms with Crippen molar-refractivity contribution in [3.05, 3.63) is 0 Å². The second-order valence-corrected chi connectivity index (χ2v) is 11.0. The van der Waals surface area contributed by atoms with Crippen LogP contribution in [0.3, 0.4) is 0 Å². The molecule has 0 saturated heterocycles. The molecule has 0 aromatic rings. The van der Waals surface area contributed by atoms with E-state index in [-0.39, 0.29) is 55.8 Å². The number of hydrogen-bond acceptors (Lipinski definition) is 7. The molecule has 0 spiro atoms. The first kappa shape index (κ1) is 37.7. The van der Waals surface area contributed by atoms with Gasteiger partial charge >= 0.3 is 0 Å². The molecule has 3 unspecified atom stereocenters. The highest BCUT2D eigenvalue weighted by atomic mass is 16.2. The molecule has 16 N–H and O–H groups in total. The lowest BCUT2D eigenvalue weighted by Gasteiger charge is -2.25. The van der Waals surface area contributed by atoms with Crippen LogP contribution >= 0.6 is 0 Å². The van der Waals surface area contributed by atoms with Gasteiger partial charge in [-0.2, -0.15) is 0 Å². The maximum atomic E-state index is 13.3. The number of nitrogens with two attached hydrogens (primary N) is 3. The van der Waals surface area contributed by atoms with Crippen molar-refractivity contribution in [3.8, 4) is 0 Å². The largest absolute Gasteiger partial charge is 0.370 e. The molecule has 3 atom stereocenters. The van der Waals surface area contributed by atoms with Crippen LogP contribution in [0.2, 0.25) is 0 Å². The predicted octanol–water partition coefficient (Wildman–Crippen LogP) is -2.59. The van der Waals surface area contributed by atoms with Crippen LogP contribution in [0.5, 0.6) is 0 Å². The zero-order chi connectivity index (χ0) is 32.3. The first-order valence-corrected chi connectivity index (χ1v) is 13.9. The van der Waals surface area contributed by atoms with Crippen molar-refractivity contribution in [1.82, 2.24) is 37.2 Å². The van der Waals surface area contributed by atoms with E-state index in [1.165, 1.54) is 0 Å². The average Bonchev–Trinajstić information content (AvgIpc) is 2.87. The van der Waals surface area contributed by atoms with Crippen LogP contribution in [-0.4, -0.2) is 85.8 Å². The summed E-state index contributed by atoms with van der Waals surface area (Å²) in [6.45, 7) is 7.68. The van der Waals surface area contributed by atoms with E-state index in [2.05, 4.69) is 37.2 Å². The number of amides is 4. The third-order valence-electron chi connectivity index (χ3n) is 5.86. The second kappa shape index (κ2) is 19.7. The van der Waals surface area contributed by atoms with Gasteiger partial charge in [0.2, 0.25) is 23.6 Å². The smallest absolute Gasteiger partial charge is 0.243 e. The first-order chi connectivity index (χ1) is 19.5. The molecule has 240 valence electrons. The Kier molecular flexibility index (Phi) is 17.7. The Morgan fingerprint density at radius 2 is 1.05 bits per heavy atom. The molecule has 0 aromatic carbocycles. The molecule has 0 aliphatic heterocycles. The van der Waals surface area contributed by atoms with Crippen LogP contribution in [0.1, 0.15) is 66.2 Å². The lowest BCUT2D eigenvalue weighted by molar-refractivity contribution is -0.133. The molecule has 0 aliphatic rings. The molecule has 0 radical (unpaired) electrons. The van der Waals surface area contributed by atoms with E-state index in [1.54, 1.807) is 20.8 Å². The van der Waals surface area contributed by atoms with E-state index in [0.717, 1.165) is 0 Å². The summed E-state index contributed by atoms with van der Waals surface area (Å²) < 4.78 is 0. The second-order valence-electron chi connectivity index (χ2n) is 11.0. The summed E-state index contributed by atoms with van der Waals surface area (Å²) in [4.78, 5) is 51.2. The van der Waals surface area contributed by atoms with Crippen LogP contribution in [-0.2, 0) is 19.2 Å². The molecule has 0 bridgehead atoms. The topological polar surface area (TPSA) is 302 Å². The van der Waals surface area contributed by atoms with Crippen LogP contribution in [0.4, 0.5) is 0 Å². The Morgan fingerprint density at radius 3 is 1.48 bits per heavy atom. The minimum atomic E-state index is -1.03. The molecule has 0 heterocycles. The SMILES string of the molecule is CC(CCCNC(=N)N)NC(=O)C(CCCNC(=N)N)NC(=O)C(CCCNC(=N)N)NC(=O)CNC(=O)C(C)(C)C. The lowest BCUT2D eigenvalue weighted by atomic mass is 9.96. The number of nitrogens with one attached hydrogen (secondary N) is 10. The fourth-order valence-electron chi connectivity index (χ4n) is 3.59. The van der Waals surface area contributed by atoms with Gasteiger partial charge in [-0.25, -0.2) is 0 Å². The van der Waals surface area contributed by atoms with E-state index < -0.39 is 35.2 Å². The highest BCUT2D eigenvalue weighted by molar-refractivity contribution is 5.93. The average molecular weight is 598 g/mol. The van der Waals surface area contributed by atoms with Crippen LogP contribution < -0.4 is 54.4 Å². The highest BCUT2D eigenvalue weighted by Gasteiger charge is 2.28. The Morgan fingerprint density at radius 1 is 0.643 bits per heavy atom. The molecule has 17 nitrogen and oxygen atoms in total. The summed E-state index contributed by atoms with van der Waals surface area (Å²) in [5.41, 5.74) is 15.2. The highest BCUT2D eigenvalue weighted by Crippen LogP contribution is 2.12. The van der Waals surface area contributed by atoms with Crippen molar-refractivity contribution in [3.63, 3.8) is 0 Å². The van der Waals surface area contributed by atoms with E-state index in [1.807, 2.05) is 6.92 Å². The Bertz CT molecular complexity index is 936. The van der Waals surface area contributed by atoms with Gasteiger partial charge in [-0.05, 0) is 45.4 Å². The van der Waals surface area contributed by atoms with Crippen LogP contribution in [0.25, 0.3) is 0 Å². The van der Waals surface area contributed by atoms with Crippen molar-refractivity contribution in [2.75, 3.05) is 26.2 Å². The van der Waals surface area contributed by atoms with E-state index >= 15 is 0 Å². The first-order valence-electron chi connectivity index (χ1n) is 13.9. The van der Waals surface area contributed by atoms with E-state index in [0.29, 0.717) is 38.8 Å². The summed E-state index contributed by atoms with van der Waals surface area (Å²) >= 11 is 0. The van der Waals surface area contributed by atoms with Gasteiger partial charge in [-0.1, -0.05) is 20.8 Å². The summed E-state index contributed by atoms with van der Waals surface area (Å²) in [6.07, 6.45) is 2.43. The molecule has 0 rings (SSSR count). The zero-order valence-corrected chi connectivity index (χ0v) is 25.2.